The maximum absolute atomic E-state index is 13.5. The molecule has 0 fully saturated rings. The Hall–Kier alpha value is -2.87. The standard InChI is InChI=1S/C20H18F2N2O3S/c21-13-6-5-7-14(22)20(13)24-17(25)12-27-19(26)11-4-3-10-18-23-15-8-1-2-9-16(15)28-18/h1-2,5-9H,3-4,10-12H2,(H,24,25). The minimum atomic E-state index is -0.894. The summed E-state index contributed by atoms with van der Waals surface area (Å²) in [6.45, 7) is -0.593. The van der Waals surface area contributed by atoms with Crippen molar-refractivity contribution >= 4 is 39.1 Å². The van der Waals surface area contributed by atoms with Crippen molar-refractivity contribution in [1.29, 1.82) is 0 Å². The molecule has 28 heavy (non-hydrogen) atoms. The Morgan fingerprint density at radius 2 is 1.79 bits per heavy atom. The van der Waals surface area contributed by atoms with Crippen LogP contribution in [0.15, 0.2) is 42.5 Å². The van der Waals surface area contributed by atoms with Crippen LogP contribution in [0.4, 0.5) is 14.5 Å². The summed E-state index contributed by atoms with van der Waals surface area (Å²) < 4.78 is 32.9. The number of hydrogen-bond acceptors (Lipinski definition) is 5. The summed E-state index contributed by atoms with van der Waals surface area (Å²) in [5, 5.41) is 3.08. The molecule has 0 spiro atoms. The third-order valence-corrected chi connectivity index (χ3v) is 5.05. The number of aryl methyl sites for hydroxylation is 1. The Morgan fingerprint density at radius 1 is 1.04 bits per heavy atom. The SMILES string of the molecule is O=C(COC(=O)CCCCc1nc2ccccc2s1)Nc1c(F)cccc1F. The van der Waals surface area contributed by atoms with Gasteiger partial charge in [-0.05, 0) is 43.5 Å². The molecule has 0 bridgehead atoms. The molecule has 0 aliphatic carbocycles. The van der Waals surface area contributed by atoms with Gasteiger partial charge in [0.2, 0.25) is 0 Å². The second kappa shape index (κ2) is 9.36. The van der Waals surface area contributed by atoms with Crippen LogP contribution in [-0.4, -0.2) is 23.5 Å². The van der Waals surface area contributed by atoms with Crippen molar-refractivity contribution in [2.24, 2.45) is 0 Å². The van der Waals surface area contributed by atoms with Crippen molar-refractivity contribution in [1.82, 2.24) is 4.98 Å². The number of fused-ring (bicyclic) bond motifs is 1. The van der Waals surface area contributed by atoms with Gasteiger partial charge in [-0.15, -0.1) is 11.3 Å². The number of aromatic nitrogens is 1. The van der Waals surface area contributed by atoms with Crippen LogP contribution >= 0.6 is 11.3 Å². The zero-order chi connectivity index (χ0) is 19.9. The lowest BCUT2D eigenvalue weighted by Gasteiger charge is -2.08. The number of carbonyl (C=O) groups is 2. The molecule has 0 radical (unpaired) electrons. The summed E-state index contributed by atoms with van der Waals surface area (Å²) in [5.41, 5.74) is 0.415. The Balaban J connectivity index is 1.35. The molecule has 2 aromatic carbocycles. The summed E-state index contributed by atoms with van der Waals surface area (Å²) in [6.07, 6.45) is 2.28. The lowest BCUT2D eigenvalue weighted by Crippen LogP contribution is -2.22. The Bertz CT molecular complexity index is 937. The second-order valence-corrected chi connectivity index (χ2v) is 7.20. The lowest BCUT2D eigenvalue weighted by molar-refractivity contribution is -0.147. The zero-order valence-electron chi connectivity index (χ0n) is 14.9. The van der Waals surface area contributed by atoms with Gasteiger partial charge in [-0.25, -0.2) is 13.8 Å². The van der Waals surface area contributed by atoms with Crippen LogP contribution in [0.1, 0.15) is 24.3 Å². The molecule has 0 saturated heterocycles. The molecule has 0 atom stereocenters. The van der Waals surface area contributed by atoms with Gasteiger partial charge in [0, 0.05) is 6.42 Å². The summed E-state index contributed by atoms with van der Waals surface area (Å²) in [7, 11) is 0. The van der Waals surface area contributed by atoms with Crippen molar-refractivity contribution in [2.45, 2.75) is 25.7 Å². The number of nitrogens with one attached hydrogen (secondary N) is 1. The number of para-hydroxylation sites is 2. The van der Waals surface area contributed by atoms with E-state index < -0.39 is 35.8 Å². The van der Waals surface area contributed by atoms with Crippen LogP contribution in [0.3, 0.4) is 0 Å². The first kappa shape index (κ1) is 19.9. The molecule has 1 aromatic heterocycles. The van der Waals surface area contributed by atoms with E-state index in [-0.39, 0.29) is 6.42 Å². The smallest absolute Gasteiger partial charge is 0.306 e. The fourth-order valence-corrected chi connectivity index (χ4v) is 3.59. The molecule has 5 nitrogen and oxygen atoms in total. The summed E-state index contributed by atoms with van der Waals surface area (Å²) >= 11 is 1.63. The van der Waals surface area contributed by atoms with Crippen LogP contribution in [-0.2, 0) is 20.7 Å². The van der Waals surface area contributed by atoms with Gasteiger partial charge in [-0.2, -0.15) is 0 Å². The van der Waals surface area contributed by atoms with E-state index in [9.17, 15) is 18.4 Å². The first-order valence-electron chi connectivity index (χ1n) is 8.77. The second-order valence-electron chi connectivity index (χ2n) is 6.09. The molecule has 0 aliphatic rings. The van der Waals surface area contributed by atoms with Crippen molar-refractivity contribution in [3.8, 4) is 0 Å². The average Bonchev–Trinajstić information content (AvgIpc) is 3.09. The van der Waals surface area contributed by atoms with Gasteiger partial charge >= 0.3 is 5.97 Å². The highest BCUT2D eigenvalue weighted by Crippen LogP contribution is 2.23. The van der Waals surface area contributed by atoms with Crippen molar-refractivity contribution in [3.05, 3.63) is 59.1 Å². The average molecular weight is 404 g/mol. The molecule has 3 aromatic rings. The molecular weight excluding hydrogens is 386 g/mol. The Labute approximate surface area is 164 Å². The van der Waals surface area contributed by atoms with E-state index >= 15 is 0 Å². The minimum Gasteiger partial charge on any atom is -0.456 e. The third-order valence-electron chi connectivity index (χ3n) is 3.95. The highest BCUT2D eigenvalue weighted by atomic mass is 32.1. The van der Waals surface area contributed by atoms with Crippen LogP contribution in [0.5, 0.6) is 0 Å². The molecular formula is C20H18F2N2O3S. The van der Waals surface area contributed by atoms with Crippen molar-refractivity contribution < 1.29 is 23.1 Å². The number of hydrogen-bond donors (Lipinski definition) is 1. The van der Waals surface area contributed by atoms with Crippen LogP contribution in [0, 0.1) is 11.6 Å². The molecule has 8 heteroatoms. The third kappa shape index (κ3) is 5.32. The lowest BCUT2D eigenvalue weighted by atomic mass is 10.2. The fraction of sp³-hybridized carbons (Fsp3) is 0.250. The first-order chi connectivity index (χ1) is 13.5. The van der Waals surface area contributed by atoms with Gasteiger partial charge in [0.25, 0.3) is 5.91 Å². The number of nitrogens with zero attached hydrogens (tertiary/aromatic N) is 1. The number of esters is 1. The largest absolute Gasteiger partial charge is 0.456 e. The van der Waals surface area contributed by atoms with E-state index in [4.69, 9.17) is 4.74 Å². The number of halogens is 2. The van der Waals surface area contributed by atoms with Crippen LogP contribution in [0.2, 0.25) is 0 Å². The van der Waals surface area contributed by atoms with Gasteiger partial charge in [0.15, 0.2) is 6.61 Å². The van der Waals surface area contributed by atoms with E-state index in [0.717, 1.165) is 40.2 Å². The summed E-state index contributed by atoms with van der Waals surface area (Å²) in [6, 6.07) is 11.1. The van der Waals surface area contributed by atoms with E-state index in [1.165, 1.54) is 6.07 Å². The molecule has 1 heterocycles. The minimum absolute atomic E-state index is 0.159. The highest BCUT2D eigenvalue weighted by molar-refractivity contribution is 7.18. The van der Waals surface area contributed by atoms with Gasteiger partial charge in [-0.1, -0.05) is 18.2 Å². The first-order valence-corrected chi connectivity index (χ1v) is 9.58. The zero-order valence-corrected chi connectivity index (χ0v) is 15.7. The molecule has 1 N–H and O–H groups in total. The predicted molar refractivity (Wildman–Crippen MR) is 103 cm³/mol. The quantitative estimate of drug-likeness (QED) is 0.444. The maximum Gasteiger partial charge on any atom is 0.306 e. The number of ether oxygens (including phenoxy) is 1. The van der Waals surface area contributed by atoms with Crippen LogP contribution < -0.4 is 5.32 Å². The summed E-state index contributed by atoms with van der Waals surface area (Å²) in [5.74, 6) is -3.12. The van der Waals surface area contributed by atoms with E-state index in [1.807, 2.05) is 24.3 Å². The maximum atomic E-state index is 13.5. The Morgan fingerprint density at radius 3 is 2.54 bits per heavy atom. The molecule has 146 valence electrons. The highest BCUT2D eigenvalue weighted by Gasteiger charge is 2.13. The monoisotopic (exact) mass is 404 g/mol. The predicted octanol–water partition coefficient (Wildman–Crippen LogP) is 4.47. The number of thiazole rings is 1. The number of benzene rings is 2. The van der Waals surface area contributed by atoms with E-state index in [0.29, 0.717) is 6.42 Å². The van der Waals surface area contributed by atoms with E-state index in [1.54, 1.807) is 11.3 Å². The molecule has 1 amide bonds. The Kier molecular flexibility index (Phi) is 6.65. The van der Waals surface area contributed by atoms with Crippen LogP contribution in [0.25, 0.3) is 10.2 Å². The van der Waals surface area contributed by atoms with E-state index in [2.05, 4.69) is 10.3 Å². The molecule has 0 unspecified atom stereocenters. The number of anilines is 1. The number of unbranched alkanes of at least 4 members (excludes halogenated alkanes) is 1. The fourth-order valence-electron chi connectivity index (χ4n) is 2.58. The number of amides is 1. The molecule has 0 aliphatic heterocycles. The van der Waals surface area contributed by atoms with Gasteiger partial charge in [0.05, 0.1) is 15.2 Å². The van der Waals surface area contributed by atoms with Gasteiger partial charge < -0.3 is 10.1 Å². The van der Waals surface area contributed by atoms with Crippen molar-refractivity contribution in [3.63, 3.8) is 0 Å². The van der Waals surface area contributed by atoms with Gasteiger partial charge in [-0.3, -0.25) is 9.59 Å². The number of rotatable bonds is 8. The molecule has 0 saturated carbocycles. The van der Waals surface area contributed by atoms with Crippen molar-refractivity contribution in [2.75, 3.05) is 11.9 Å². The number of carbonyl (C=O) groups excluding carboxylic acids is 2. The molecule has 3 rings (SSSR count). The normalized spacial score (nSPS) is 10.8. The summed E-state index contributed by atoms with van der Waals surface area (Å²) in [4.78, 5) is 27.9. The van der Waals surface area contributed by atoms with Gasteiger partial charge in [0.1, 0.15) is 17.3 Å². The topological polar surface area (TPSA) is 68.3 Å².